The summed E-state index contributed by atoms with van der Waals surface area (Å²) in [5.41, 5.74) is 3.49. The van der Waals surface area contributed by atoms with Gasteiger partial charge in [-0.3, -0.25) is 14.3 Å². The lowest BCUT2D eigenvalue weighted by atomic mass is 10.2. The maximum Gasteiger partial charge on any atom is 0.237 e. The summed E-state index contributed by atoms with van der Waals surface area (Å²) in [7, 11) is 0. The fourth-order valence-corrected chi connectivity index (χ4v) is 4.09. The molecule has 0 spiro atoms. The maximum atomic E-state index is 12.8. The molecule has 4 aromatic rings. The average molecular weight is 450 g/mol. The zero-order chi connectivity index (χ0) is 21.8. The van der Waals surface area contributed by atoms with Crippen molar-refractivity contribution >= 4 is 35.0 Å². The third kappa shape index (κ3) is 4.78. The van der Waals surface area contributed by atoms with Gasteiger partial charge in [0.15, 0.2) is 11.0 Å². The van der Waals surface area contributed by atoms with E-state index in [1.54, 1.807) is 12.4 Å². The first-order valence-corrected chi connectivity index (χ1v) is 10.9. The monoisotopic (exact) mass is 449 g/mol. The zero-order valence-corrected chi connectivity index (χ0v) is 18.6. The van der Waals surface area contributed by atoms with Gasteiger partial charge in [0.05, 0.1) is 10.9 Å². The van der Waals surface area contributed by atoms with Crippen LogP contribution >= 0.6 is 23.4 Å². The Balaban J connectivity index is 1.66. The second-order valence-electron chi connectivity index (χ2n) is 6.92. The van der Waals surface area contributed by atoms with Crippen LogP contribution in [-0.2, 0) is 4.79 Å². The van der Waals surface area contributed by atoms with E-state index in [1.807, 2.05) is 79.1 Å². The van der Waals surface area contributed by atoms with E-state index in [4.69, 9.17) is 11.6 Å². The molecule has 2 aromatic heterocycles. The number of anilines is 1. The number of rotatable bonds is 6. The number of hydrogen-bond acceptors (Lipinski definition) is 5. The molecule has 8 heteroatoms. The van der Waals surface area contributed by atoms with Crippen molar-refractivity contribution in [3.63, 3.8) is 0 Å². The molecule has 0 saturated carbocycles. The summed E-state index contributed by atoms with van der Waals surface area (Å²) in [4.78, 5) is 16.9. The lowest BCUT2D eigenvalue weighted by molar-refractivity contribution is -0.115. The summed E-state index contributed by atoms with van der Waals surface area (Å²) in [6.07, 6.45) is 3.41. The van der Waals surface area contributed by atoms with Crippen LogP contribution in [-0.4, -0.2) is 30.9 Å². The lowest BCUT2D eigenvalue weighted by Gasteiger charge is -2.15. The van der Waals surface area contributed by atoms with Gasteiger partial charge in [0.25, 0.3) is 0 Å². The van der Waals surface area contributed by atoms with Gasteiger partial charge in [-0.2, -0.15) is 0 Å². The molecule has 0 aliphatic heterocycles. The Morgan fingerprint density at radius 1 is 1.06 bits per heavy atom. The van der Waals surface area contributed by atoms with Crippen LogP contribution in [0.3, 0.4) is 0 Å². The number of carbonyl (C=O) groups excluding carboxylic acids is 1. The van der Waals surface area contributed by atoms with Crippen LogP contribution in [0.2, 0.25) is 5.02 Å². The van der Waals surface area contributed by atoms with E-state index in [0.29, 0.717) is 16.0 Å². The summed E-state index contributed by atoms with van der Waals surface area (Å²) in [6.45, 7) is 3.81. The van der Waals surface area contributed by atoms with E-state index in [-0.39, 0.29) is 5.91 Å². The van der Waals surface area contributed by atoms with E-state index in [0.717, 1.165) is 22.5 Å². The fourth-order valence-electron chi connectivity index (χ4n) is 3.04. The molecule has 156 valence electrons. The number of aryl methyl sites for hydroxylation is 1. The molecule has 2 aromatic carbocycles. The molecule has 1 N–H and O–H groups in total. The SMILES string of the molecule is Cc1ccccc1NC(=O)[C@H](C)Sc1nnc(-c2ccncc2)n1-c1cccc(Cl)c1. The van der Waals surface area contributed by atoms with Crippen molar-refractivity contribution in [2.24, 2.45) is 0 Å². The Labute approximate surface area is 189 Å². The molecule has 1 amide bonds. The zero-order valence-electron chi connectivity index (χ0n) is 17.0. The summed E-state index contributed by atoms with van der Waals surface area (Å²) in [5, 5.41) is 12.6. The van der Waals surface area contributed by atoms with Gasteiger partial charge in [-0.15, -0.1) is 10.2 Å². The van der Waals surface area contributed by atoms with Crippen LogP contribution < -0.4 is 5.32 Å². The van der Waals surface area contributed by atoms with Crippen molar-refractivity contribution < 1.29 is 4.79 Å². The summed E-state index contributed by atoms with van der Waals surface area (Å²) in [6, 6.07) is 18.9. The molecule has 4 rings (SSSR count). The molecule has 0 fully saturated rings. The molecule has 0 unspecified atom stereocenters. The van der Waals surface area contributed by atoms with Gasteiger partial charge in [-0.05, 0) is 55.8 Å². The summed E-state index contributed by atoms with van der Waals surface area (Å²) in [5.74, 6) is 0.545. The van der Waals surface area contributed by atoms with Gasteiger partial charge in [-0.1, -0.05) is 47.6 Å². The highest BCUT2D eigenvalue weighted by Crippen LogP contribution is 2.31. The van der Waals surface area contributed by atoms with Crippen LogP contribution in [0.4, 0.5) is 5.69 Å². The second kappa shape index (κ2) is 9.32. The number of nitrogens with zero attached hydrogens (tertiary/aromatic N) is 4. The van der Waals surface area contributed by atoms with Gasteiger partial charge >= 0.3 is 0 Å². The fraction of sp³-hybridized carbons (Fsp3) is 0.130. The normalized spacial score (nSPS) is 11.8. The third-order valence-electron chi connectivity index (χ3n) is 4.69. The molecule has 0 bridgehead atoms. The number of hydrogen-bond donors (Lipinski definition) is 1. The largest absolute Gasteiger partial charge is 0.325 e. The van der Waals surface area contributed by atoms with Crippen LogP contribution in [0.15, 0.2) is 78.2 Å². The number of carbonyl (C=O) groups is 1. The molecular weight excluding hydrogens is 430 g/mol. The Kier molecular flexibility index (Phi) is 6.34. The van der Waals surface area contributed by atoms with Crippen molar-refractivity contribution in [2.75, 3.05) is 5.32 Å². The van der Waals surface area contributed by atoms with Gasteiger partial charge in [-0.25, -0.2) is 0 Å². The van der Waals surface area contributed by atoms with E-state index in [2.05, 4.69) is 20.5 Å². The molecule has 0 aliphatic rings. The molecule has 1 atom stereocenters. The van der Waals surface area contributed by atoms with Gasteiger partial charge in [0.2, 0.25) is 5.91 Å². The van der Waals surface area contributed by atoms with Crippen LogP contribution in [0.25, 0.3) is 17.1 Å². The average Bonchev–Trinajstić information content (AvgIpc) is 3.19. The Hall–Kier alpha value is -3.16. The minimum absolute atomic E-state index is 0.106. The molecule has 0 saturated heterocycles. The highest BCUT2D eigenvalue weighted by molar-refractivity contribution is 8.00. The number of pyridine rings is 1. The molecule has 2 heterocycles. The number of para-hydroxylation sites is 1. The number of nitrogens with one attached hydrogen (secondary N) is 1. The quantitative estimate of drug-likeness (QED) is 0.398. The summed E-state index contributed by atoms with van der Waals surface area (Å²) < 4.78 is 1.91. The number of thioether (sulfide) groups is 1. The van der Waals surface area contributed by atoms with E-state index in [1.165, 1.54) is 11.8 Å². The molecular formula is C23H20ClN5OS. The first-order valence-electron chi connectivity index (χ1n) is 9.68. The number of amides is 1. The Bertz CT molecular complexity index is 1210. The van der Waals surface area contributed by atoms with Crippen molar-refractivity contribution in [2.45, 2.75) is 24.3 Å². The number of benzene rings is 2. The predicted octanol–water partition coefficient (Wildman–Crippen LogP) is 5.41. The predicted molar refractivity (Wildman–Crippen MR) is 125 cm³/mol. The molecule has 6 nitrogen and oxygen atoms in total. The Morgan fingerprint density at radius 2 is 1.84 bits per heavy atom. The van der Waals surface area contributed by atoms with Crippen molar-refractivity contribution in [1.82, 2.24) is 19.7 Å². The molecule has 0 aliphatic carbocycles. The standard InChI is InChI=1S/C23H20ClN5OS/c1-15-6-3-4-9-20(15)26-22(30)16(2)31-23-28-27-21(17-10-12-25-13-11-17)29(23)19-8-5-7-18(24)14-19/h3-14,16H,1-2H3,(H,26,30)/t16-/m0/s1. The highest BCUT2D eigenvalue weighted by atomic mass is 35.5. The van der Waals surface area contributed by atoms with Gasteiger partial charge in [0.1, 0.15) is 0 Å². The van der Waals surface area contributed by atoms with Crippen LogP contribution in [0, 0.1) is 6.92 Å². The third-order valence-corrected chi connectivity index (χ3v) is 5.97. The van der Waals surface area contributed by atoms with Crippen LogP contribution in [0.1, 0.15) is 12.5 Å². The lowest BCUT2D eigenvalue weighted by Crippen LogP contribution is -2.23. The van der Waals surface area contributed by atoms with E-state index in [9.17, 15) is 4.79 Å². The number of aromatic nitrogens is 4. The van der Waals surface area contributed by atoms with E-state index < -0.39 is 5.25 Å². The summed E-state index contributed by atoms with van der Waals surface area (Å²) >= 11 is 7.58. The topological polar surface area (TPSA) is 72.7 Å². The molecule has 31 heavy (non-hydrogen) atoms. The van der Waals surface area contributed by atoms with Gasteiger partial charge in [0, 0.05) is 28.7 Å². The van der Waals surface area contributed by atoms with Crippen molar-refractivity contribution in [1.29, 1.82) is 0 Å². The highest BCUT2D eigenvalue weighted by Gasteiger charge is 2.22. The van der Waals surface area contributed by atoms with Crippen molar-refractivity contribution in [3.8, 4) is 17.1 Å². The maximum absolute atomic E-state index is 12.8. The minimum Gasteiger partial charge on any atom is -0.325 e. The van der Waals surface area contributed by atoms with E-state index >= 15 is 0 Å². The first-order chi connectivity index (χ1) is 15.0. The smallest absolute Gasteiger partial charge is 0.237 e. The second-order valence-corrected chi connectivity index (χ2v) is 8.67. The number of halogens is 1. The first kappa shape index (κ1) is 21.1. The Morgan fingerprint density at radius 3 is 2.58 bits per heavy atom. The minimum atomic E-state index is -0.396. The molecule has 0 radical (unpaired) electrons. The van der Waals surface area contributed by atoms with Gasteiger partial charge < -0.3 is 5.32 Å². The van der Waals surface area contributed by atoms with Crippen molar-refractivity contribution in [3.05, 3.63) is 83.6 Å². The van der Waals surface area contributed by atoms with Crippen LogP contribution in [0.5, 0.6) is 0 Å².